The normalized spacial score (nSPS) is 21.2. The number of nitrogens with one attached hydrogen (secondary N) is 1. The van der Waals surface area contributed by atoms with E-state index in [9.17, 15) is 13.2 Å². The van der Waals surface area contributed by atoms with Crippen LogP contribution in [0.5, 0.6) is 0 Å². The molecule has 0 spiro atoms. The van der Waals surface area contributed by atoms with E-state index in [0.29, 0.717) is 13.2 Å². The van der Waals surface area contributed by atoms with Crippen molar-refractivity contribution in [3.63, 3.8) is 0 Å². The number of halogens is 3. The molecule has 9 heteroatoms. The summed E-state index contributed by atoms with van der Waals surface area (Å²) in [5.41, 5.74) is 0. The Hall–Kier alpha value is -1.19. The van der Waals surface area contributed by atoms with Gasteiger partial charge in [0.2, 0.25) is 0 Å². The highest BCUT2D eigenvalue weighted by Gasteiger charge is 2.28. The zero-order chi connectivity index (χ0) is 13.0. The molecule has 0 amide bonds. The first-order chi connectivity index (χ1) is 8.54. The molecule has 0 bridgehead atoms. The van der Waals surface area contributed by atoms with Gasteiger partial charge in [-0.1, -0.05) is 5.16 Å². The Kier molecular flexibility index (Phi) is 4.15. The van der Waals surface area contributed by atoms with Crippen LogP contribution in [0.4, 0.5) is 13.2 Å². The maximum absolute atomic E-state index is 11.8. The lowest BCUT2D eigenvalue weighted by molar-refractivity contribution is -0.177. The van der Waals surface area contributed by atoms with Crippen LogP contribution in [0.25, 0.3) is 0 Å². The molecule has 1 aromatic rings. The van der Waals surface area contributed by atoms with Crippen LogP contribution in [0, 0.1) is 0 Å². The Morgan fingerprint density at radius 2 is 2.28 bits per heavy atom. The van der Waals surface area contributed by atoms with Crippen LogP contribution in [-0.2, 0) is 16.1 Å². The van der Waals surface area contributed by atoms with Crippen LogP contribution in [0.2, 0.25) is 0 Å². The molecule has 0 aromatic carbocycles. The molecule has 102 valence electrons. The maximum Gasteiger partial charge on any atom is 0.411 e. The Morgan fingerprint density at radius 1 is 1.44 bits per heavy atom. The zero-order valence-corrected chi connectivity index (χ0v) is 9.37. The monoisotopic (exact) mass is 267 g/mol. The summed E-state index contributed by atoms with van der Waals surface area (Å²) in [6.45, 7) is 0.117. The Labute approximate surface area is 100 Å². The number of alkyl halides is 3. The standard InChI is InChI=1S/C9H12F3N3O3/c10-9(11,12)5-16-4-7-14-8(18-15-7)6-3-13-1-2-17-6/h6,13H,1-5H2. The van der Waals surface area contributed by atoms with Crippen LogP contribution >= 0.6 is 0 Å². The van der Waals surface area contributed by atoms with Crippen molar-refractivity contribution in [2.75, 3.05) is 26.3 Å². The lowest BCUT2D eigenvalue weighted by atomic mass is 10.3. The molecule has 1 aliphatic heterocycles. The van der Waals surface area contributed by atoms with Gasteiger partial charge in [-0.2, -0.15) is 18.2 Å². The highest BCUT2D eigenvalue weighted by atomic mass is 19.4. The number of nitrogens with zero attached hydrogens (tertiary/aromatic N) is 2. The maximum atomic E-state index is 11.8. The van der Waals surface area contributed by atoms with E-state index in [1.165, 1.54) is 0 Å². The highest BCUT2D eigenvalue weighted by Crippen LogP contribution is 2.18. The lowest BCUT2D eigenvalue weighted by Gasteiger charge is -2.19. The van der Waals surface area contributed by atoms with E-state index in [-0.39, 0.29) is 24.4 Å². The van der Waals surface area contributed by atoms with Crippen molar-refractivity contribution in [1.29, 1.82) is 0 Å². The summed E-state index contributed by atoms with van der Waals surface area (Å²) in [4.78, 5) is 3.92. The van der Waals surface area contributed by atoms with Crippen molar-refractivity contribution in [3.8, 4) is 0 Å². The van der Waals surface area contributed by atoms with Gasteiger partial charge in [-0.05, 0) is 0 Å². The van der Waals surface area contributed by atoms with Crippen molar-refractivity contribution in [2.45, 2.75) is 18.9 Å². The fraction of sp³-hybridized carbons (Fsp3) is 0.778. The molecule has 1 N–H and O–H groups in total. The van der Waals surface area contributed by atoms with Gasteiger partial charge in [-0.3, -0.25) is 0 Å². The number of morpholine rings is 1. The molecule has 18 heavy (non-hydrogen) atoms. The molecular weight excluding hydrogens is 255 g/mol. The zero-order valence-electron chi connectivity index (χ0n) is 9.37. The second-order valence-electron chi connectivity index (χ2n) is 3.72. The third-order valence-electron chi connectivity index (χ3n) is 2.18. The molecule has 0 radical (unpaired) electrons. The number of hydrogen-bond donors (Lipinski definition) is 1. The molecular formula is C9H12F3N3O3. The van der Waals surface area contributed by atoms with E-state index >= 15 is 0 Å². The van der Waals surface area contributed by atoms with Gasteiger partial charge in [0.15, 0.2) is 5.82 Å². The third-order valence-corrected chi connectivity index (χ3v) is 2.18. The molecule has 1 unspecified atom stereocenters. The SMILES string of the molecule is FC(F)(F)COCc1noc(C2CNCCO2)n1. The van der Waals surface area contributed by atoms with E-state index in [1.54, 1.807) is 0 Å². The van der Waals surface area contributed by atoms with Crippen molar-refractivity contribution < 1.29 is 27.2 Å². The number of aromatic nitrogens is 2. The number of rotatable bonds is 4. The minimum atomic E-state index is -4.36. The second kappa shape index (κ2) is 5.63. The number of ether oxygens (including phenoxy) is 2. The molecule has 2 rings (SSSR count). The predicted octanol–water partition coefficient (Wildman–Crippen LogP) is 0.809. The molecule has 6 nitrogen and oxygen atoms in total. The van der Waals surface area contributed by atoms with Gasteiger partial charge in [0.25, 0.3) is 5.89 Å². The topological polar surface area (TPSA) is 69.4 Å². The Bertz CT molecular complexity index is 377. The van der Waals surface area contributed by atoms with Gasteiger partial charge >= 0.3 is 6.18 Å². The fourth-order valence-corrected chi connectivity index (χ4v) is 1.44. The smallest absolute Gasteiger partial charge is 0.366 e. The van der Waals surface area contributed by atoms with E-state index in [1.807, 2.05) is 0 Å². The summed E-state index contributed by atoms with van der Waals surface area (Å²) in [7, 11) is 0. The average molecular weight is 267 g/mol. The van der Waals surface area contributed by atoms with Crippen molar-refractivity contribution in [2.24, 2.45) is 0 Å². The van der Waals surface area contributed by atoms with Crippen LogP contribution in [0.1, 0.15) is 17.8 Å². The van der Waals surface area contributed by atoms with Crippen LogP contribution < -0.4 is 5.32 Å². The van der Waals surface area contributed by atoms with Crippen LogP contribution in [0.15, 0.2) is 4.52 Å². The van der Waals surface area contributed by atoms with Crippen LogP contribution in [0.3, 0.4) is 0 Å². The molecule has 0 saturated carbocycles. The Morgan fingerprint density at radius 3 is 2.94 bits per heavy atom. The first-order valence-electron chi connectivity index (χ1n) is 5.34. The molecule has 1 aliphatic rings. The van der Waals surface area contributed by atoms with E-state index < -0.39 is 12.8 Å². The quantitative estimate of drug-likeness (QED) is 0.870. The summed E-state index contributed by atoms with van der Waals surface area (Å²) in [6.07, 6.45) is -4.72. The van der Waals surface area contributed by atoms with Crippen molar-refractivity contribution >= 4 is 0 Å². The van der Waals surface area contributed by atoms with Crippen molar-refractivity contribution in [3.05, 3.63) is 11.7 Å². The Balaban J connectivity index is 1.82. The fourth-order valence-electron chi connectivity index (χ4n) is 1.44. The van der Waals surface area contributed by atoms with Gasteiger partial charge in [-0.15, -0.1) is 0 Å². The second-order valence-corrected chi connectivity index (χ2v) is 3.72. The summed E-state index contributed by atoms with van der Waals surface area (Å²) >= 11 is 0. The lowest BCUT2D eigenvalue weighted by Crippen LogP contribution is -2.33. The molecule has 0 aliphatic carbocycles. The molecule has 1 saturated heterocycles. The largest absolute Gasteiger partial charge is 0.411 e. The van der Waals surface area contributed by atoms with E-state index in [0.717, 1.165) is 6.54 Å². The van der Waals surface area contributed by atoms with Gasteiger partial charge in [-0.25, -0.2) is 0 Å². The van der Waals surface area contributed by atoms with Gasteiger partial charge < -0.3 is 19.3 Å². The first kappa shape index (κ1) is 13.2. The number of hydrogen-bond acceptors (Lipinski definition) is 6. The van der Waals surface area contributed by atoms with E-state index in [2.05, 4.69) is 20.2 Å². The van der Waals surface area contributed by atoms with Gasteiger partial charge in [0.05, 0.1) is 6.61 Å². The summed E-state index contributed by atoms with van der Waals surface area (Å²) in [5.74, 6) is 0.316. The van der Waals surface area contributed by atoms with Gasteiger partial charge in [0, 0.05) is 13.1 Å². The predicted molar refractivity (Wildman–Crippen MR) is 51.6 cm³/mol. The summed E-state index contributed by atoms with van der Waals surface area (Å²) < 4.78 is 50.2. The third kappa shape index (κ3) is 3.93. The highest BCUT2D eigenvalue weighted by molar-refractivity contribution is 4.91. The van der Waals surface area contributed by atoms with Crippen LogP contribution in [-0.4, -0.2) is 42.6 Å². The molecule has 1 fully saturated rings. The minimum Gasteiger partial charge on any atom is -0.366 e. The van der Waals surface area contributed by atoms with Gasteiger partial charge in [0.1, 0.15) is 19.3 Å². The summed E-state index contributed by atoms with van der Waals surface area (Å²) in [6, 6.07) is 0. The molecule has 1 aromatic heterocycles. The average Bonchev–Trinajstić information content (AvgIpc) is 2.77. The van der Waals surface area contributed by atoms with Crippen molar-refractivity contribution in [1.82, 2.24) is 15.5 Å². The van der Waals surface area contributed by atoms with E-state index in [4.69, 9.17) is 9.26 Å². The molecule has 2 heterocycles. The minimum absolute atomic E-state index is 0.0726. The molecule has 1 atom stereocenters. The summed E-state index contributed by atoms with van der Waals surface area (Å²) in [5, 5.41) is 6.60. The first-order valence-corrected chi connectivity index (χ1v) is 5.34.